The largest absolute Gasteiger partial charge is 0.339 e. The van der Waals surface area contributed by atoms with Gasteiger partial charge in [0.2, 0.25) is 5.91 Å². The normalized spacial score (nSPS) is 13.5. The van der Waals surface area contributed by atoms with Gasteiger partial charge >= 0.3 is 0 Å². The molecular weight excluding hydrogens is 426 g/mol. The number of rotatable bonds is 5. The van der Waals surface area contributed by atoms with Crippen molar-refractivity contribution >= 4 is 52.0 Å². The van der Waals surface area contributed by atoms with Crippen molar-refractivity contribution in [2.24, 2.45) is 0 Å². The molecule has 1 aliphatic rings. The van der Waals surface area contributed by atoms with Crippen LogP contribution in [0, 0.1) is 0 Å². The van der Waals surface area contributed by atoms with Crippen LogP contribution in [0.2, 0.25) is 5.02 Å². The first-order chi connectivity index (χ1) is 15.4. The number of nitrogens with zero attached hydrogens (tertiary/aromatic N) is 2. The lowest BCUT2D eigenvalue weighted by molar-refractivity contribution is -0.120. The van der Waals surface area contributed by atoms with Gasteiger partial charge in [-0.15, -0.1) is 0 Å². The van der Waals surface area contributed by atoms with Gasteiger partial charge in [0.05, 0.1) is 11.3 Å². The zero-order valence-corrected chi connectivity index (χ0v) is 18.3. The molecule has 7 heteroatoms. The molecule has 160 valence electrons. The van der Waals surface area contributed by atoms with Crippen LogP contribution in [0.15, 0.2) is 84.6 Å². The van der Waals surface area contributed by atoms with Crippen LogP contribution in [0.4, 0.5) is 17.1 Å². The number of likely N-dealkylation sites (N-methyl/N-ethyl adjacent to an activating group) is 1. The molecule has 6 nitrogen and oxygen atoms in total. The number of halogens is 1. The van der Waals surface area contributed by atoms with Gasteiger partial charge in [0, 0.05) is 30.4 Å². The minimum absolute atomic E-state index is 0.204. The predicted octanol–water partition coefficient (Wildman–Crippen LogP) is 4.72. The van der Waals surface area contributed by atoms with Crippen LogP contribution in [0.3, 0.4) is 0 Å². The third-order valence-electron chi connectivity index (χ3n) is 5.12. The molecule has 1 aliphatic heterocycles. The van der Waals surface area contributed by atoms with Crippen molar-refractivity contribution in [2.45, 2.75) is 6.92 Å². The van der Waals surface area contributed by atoms with Crippen LogP contribution in [0.1, 0.15) is 12.5 Å². The summed E-state index contributed by atoms with van der Waals surface area (Å²) in [6, 6.07) is 22.8. The summed E-state index contributed by atoms with van der Waals surface area (Å²) in [5.74, 6) is -1.06. The predicted molar refractivity (Wildman–Crippen MR) is 126 cm³/mol. The minimum Gasteiger partial charge on any atom is -0.339 e. The minimum atomic E-state index is -0.432. The average molecular weight is 446 g/mol. The molecule has 32 heavy (non-hydrogen) atoms. The third kappa shape index (κ3) is 4.00. The number of hydrogen-bond acceptors (Lipinski definition) is 4. The Morgan fingerprint density at radius 1 is 0.875 bits per heavy atom. The van der Waals surface area contributed by atoms with Gasteiger partial charge in [-0.1, -0.05) is 41.9 Å². The number of nitrogens with one attached hydrogen (secondary N) is 1. The zero-order chi connectivity index (χ0) is 22.8. The molecule has 0 atom stereocenters. The second kappa shape index (κ2) is 8.69. The maximum absolute atomic E-state index is 13.6. The first-order valence-corrected chi connectivity index (χ1v) is 10.3. The van der Waals surface area contributed by atoms with E-state index in [2.05, 4.69) is 5.32 Å². The van der Waals surface area contributed by atoms with E-state index in [0.29, 0.717) is 27.5 Å². The summed E-state index contributed by atoms with van der Waals surface area (Å²) in [6.45, 7) is 1.41. The van der Waals surface area contributed by atoms with E-state index >= 15 is 0 Å². The van der Waals surface area contributed by atoms with Crippen LogP contribution in [-0.4, -0.2) is 24.8 Å². The van der Waals surface area contributed by atoms with Crippen molar-refractivity contribution in [3.8, 4) is 0 Å². The fourth-order valence-electron chi connectivity index (χ4n) is 3.62. The number of hydrogen-bond donors (Lipinski definition) is 1. The summed E-state index contributed by atoms with van der Waals surface area (Å²) in [4.78, 5) is 41.2. The van der Waals surface area contributed by atoms with Gasteiger partial charge in [-0.3, -0.25) is 14.4 Å². The molecule has 0 aliphatic carbocycles. The van der Waals surface area contributed by atoms with Gasteiger partial charge in [-0.05, 0) is 54.1 Å². The van der Waals surface area contributed by atoms with Gasteiger partial charge in [-0.25, -0.2) is 4.90 Å². The van der Waals surface area contributed by atoms with Crippen LogP contribution >= 0.6 is 11.6 Å². The van der Waals surface area contributed by atoms with Crippen LogP contribution in [0.25, 0.3) is 5.57 Å². The summed E-state index contributed by atoms with van der Waals surface area (Å²) in [5.41, 5.74) is 2.93. The Bertz CT molecular complexity index is 1220. The van der Waals surface area contributed by atoms with E-state index in [-0.39, 0.29) is 11.6 Å². The van der Waals surface area contributed by atoms with Gasteiger partial charge in [0.25, 0.3) is 11.8 Å². The summed E-state index contributed by atoms with van der Waals surface area (Å²) < 4.78 is 0. The molecule has 1 N–H and O–H groups in total. The van der Waals surface area contributed by atoms with Crippen molar-refractivity contribution in [3.63, 3.8) is 0 Å². The number of amides is 3. The lowest BCUT2D eigenvalue weighted by Gasteiger charge is -2.21. The van der Waals surface area contributed by atoms with Crippen molar-refractivity contribution in [3.05, 3.63) is 95.1 Å². The standard InChI is InChI=1S/C25H20ClN3O3/c1-16(30)27-19-12-14-21(15-13-19)29-24(31)22(17-8-10-18(26)11-9-17)23(25(29)32)28(2)20-6-4-3-5-7-20/h3-15H,1-2H3,(H,27,30). The summed E-state index contributed by atoms with van der Waals surface area (Å²) >= 11 is 6.03. The number of carbonyl (C=O) groups is 3. The lowest BCUT2D eigenvalue weighted by Crippen LogP contribution is -2.34. The molecule has 0 unspecified atom stereocenters. The maximum Gasteiger partial charge on any atom is 0.282 e. The highest BCUT2D eigenvalue weighted by Gasteiger charge is 2.42. The van der Waals surface area contributed by atoms with Crippen LogP contribution in [0.5, 0.6) is 0 Å². The molecule has 3 aromatic rings. The topological polar surface area (TPSA) is 69.7 Å². The van der Waals surface area contributed by atoms with Gasteiger partial charge in [-0.2, -0.15) is 0 Å². The Morgan fingerprint density at radius 2 is 1.50 bits per heavy atom. The van der Waals surface area contributed by atoms with E-state index in [1.807, 2.05) is 30.3 Å². The molecule has 4 rings (SSSR count). The molecule has 3 aromatic carbocycles. The fraction of sp³-hybridized carbons (Fsp3) is 0.0800. The second-order valence-corrected chi connectivity index (χ2v) is 7.74. The highest BCUT2D eigenvalue weighted by Crippen LogP contribution is 2.36. The number of anilines is 3. The molecule has 0 bridgehead atoms. The molecule has 0 aromatic heterocycles. The van der Waals surface area contributed by atoms with Crippen LogP contribution in [-0.2, 0) is 14.4 Å². The van der Waals surface area contributed by atoms with E-state index in [9.17, 15) is 14.4 Å². The maximum atomic E-state index is 13.6. The zero-order valence-electron chi connectivity index (χ0n) is 17.5. The SMILES string of the molecule is CC(=O)Nc1ccc(N2C(=O)C(c3ccc(Cl)cc3)=C(N(C)c3ccccc3)C2=O)cc1. The molecular formula is C25H20ClN3O3. The lowest BCUT2D eigenvalue weighted by atomic mass is 10.0. The van der Waals surface area contributed by atoms with Crippen molar-refractivity contribution in [1.82, 2.24) is 0 Å². The van der Waals surface area contributed by atoms with E-state index in [0.717, 1.165) is 10.6 Å². The summed E-state index contributed by atoms with van der Waals surface area (Å²) in [7, 11) is 1.76. The molecule has 0 saturated heterocycles. The molecule has 0 spiro atoms. The summed E-state index contributed by atoms with van der Waals surface area (Å²) in [6.07, 6.45) is 0. The number of benzene rings is 3. The number of carbonyl (C=O) groups excluding carboxylic acids is 3. The quantitative estimate of drug-likeness (QED) is 0.577. The Labute approximate surface area is 190 Å². The molecule has 3 amide bonds. The smallest absolute Gasteiger partial charge is 0.282 e. The van der Waals surface area contributed by atoms with Gasteiger partial charge in [0.15, 0.2) is 0 Å². The summed E-state index contributed by atoms with van der Waals surface area (Å²) in [5, 5.41) is 3.21. The van der Waals surface area contributed by atoms with E-state index in [1.54, 1.807) is 60.5 Å². The van der Waals surface area contributed by atoms with E-state index in [1.165, 1.54) is 6.92 Å². The number of imide groups is 1. The Kier molecular flexibility index (Phi) is 5.79. The average Bonchev–Trinajstić information content (AvgIpc) is 3.05. The second-order valence-electron chi connectivity index (χ2n) is 7.30. The highest BCUT2D eigenvalue weighted by atomic mass is 35.5. The van der Waals surface area contributed by atoms with E-state index in [4.69, 9.17) is 11.6 Å². The van der Waals surface area contributed by atoms with Gasteiger partial charge in [0.1, 0.15) is 5.70 Å². The first kappa shape index (κ1) is 21.3. The molecule has 0 saturated carbocycles. The van der Waals surface area contributed by atoms with E-state index < -0.39 is 11.8 Å². The van der Waals surface area contributed by atoms with Crippen molar-refractivity contribution in [1.29, 1.82) is 0 Å². The molecule has 0 fully saturated rings. The Hall–Kier alpha value is -3.90. The van der Waals surface area contributed by atoms with Gasteiger partial charge < -0.3 is 10.2 Å². The Morgan fingerprint density at radius 3 is 2.09 bits per heavy atom. The first-order valence-electron chi connectivity index (χ1n) is 9.92. The number of para-hydroxylation sites is 1. The molecule has 0 radical (unpaired) electrons. The molecule has 1 heterocycles. The third-order valence-corrected chi connectivity index (χ3v) is 5.37. The van der Waals surface area contributed by atoms with Crippen LogP contribution < -0.4 is 15.1 Å². The highest BCUT2D eigenvalue weighted by molar-refractivity contribution is 6.46. The Balaban J connectivity index is 1.79. The monoisotopic (exact) mass is 445 g/mol. The fourth-order valence-corrected chi connectivity index (χ4v) is 3.74. The van der Waals surface area contributed by atoms with Crippen molar-refractivity contribution in [2.75, 3.05) is 22.2 Å². The van der Waals surface area contributed by atoms with Crippen molar-refractivity contribution < 1.29 is 14.4 Å².